The van der Waals surface area contributed by atoms with E-state index >= 15 is 0 Å². The van der Waals surface area contributed by atoms with Gasteiger partial charge in [-0.1, -0.05) is 48.8 Å². The summed E-state index contributed by atoms with van der Waals surface area (Å²) >= 11 is 0. The molecule has 28 heavy (non-hydrogen) atoms. The Morgan fingerprint density at radius 1 is 1.07 bits per heavy atom. The van der Waals surface area contributed by atoms with E-state index in [1.165, 1.54) is 81.8 Å². The van der Waals surface area contributed by atoms with Gasteiger partial charge in [-0.05, 0) is 107 Å². The number of hydrogen-bond acceptors (Lipinski definition) is 1. The van der Waals surface area contributed by atoms with Crippen LogP contribution in [0.2, 0.25) is 0 Å². The summed E-state index contributed by atoms with van der Waals surface area (Å²) in [5.74, 6) is 1.48. The molecule has 0 aliphatic heterocycles. The fourth-order valence-corrected chi connectivity index (χ4v) is 6.24. The van der Waals surface area contributed by atoms with Crippen molar-refractivity contribution in [3.8, 4) is 0 Å². The molecule has 1 nitrogen and oxygen atoms in total. The van der Waals surface area contributed by atoms with Crippen LogP contribution < -0.4 is 0 Å². The third-order valence-electron chi connectivity index (χ3n) is 7.83. The SMILES string of the molecule is C=CC12CCC/C(=C\C=C3\CCCCC3=C)C1CCC2CCCCC(C)(C)O. The standard InChI is InChI=1S/C27H42O/c1-5-27-20-10-13-23(16-15-22-12-7-6-11-21(22)2)25(27)18-17-24(27)14-8-9-19-26(3,4)28/h5,15-16,24-25,28H,1-2,6-14,17-20H2,3-4H3/b22-15-,23-16+. The highest BCUT2D eigenvalue weighted by atomic mass is 16.3. The van der Waals surface area contributed by atoms with Crippen LogP contribution >= 0.6 is 0 Å². The topological polar surface area (TPSA) is 20.2 Å². The molecule has 0 aromatic rings. The molecule has 0 radical (unpaired) electrons. The van der Waals surface area contributed by atoms with Crippen molar-refractivity contribution >= 4 is 0 Å². The molecule has 1 heteroatoms. The third-order valence-corrected chi connectivity index (χ3v) is 7.83. The molecule has 0 aromatic carbocycles. The van der Waals surface area contributed by atoms with E-state index in [0.29, 0.717) is 11.3 Å². The van der Waals surface area contributed by atoms with E-state index in [2.05, 4.69) is 31.4 Å². The zero-order valence-corrected chi connectivity index (χ0v) is 18.4. The van der Waals surface area contributed by atoms with Gasteiger partial charge in [-0.2, -0.15) is 0 Å². The molecule has 0 heterocycles. The second-order valence-corrected chi connectivity index (χ2v) is 10.3. The van der Waals surface area contributed by atoms with Crippen molar-refractivity contribution in [1.29, 1.82) is 0 Å². The zero-order valence-electron chi connectivity index (χ0n) is 18.4. The molecule has 0 aromatic heterocycles. The van der Waals surface area contributed by atoms with Crippen LogP contribution in [0.3, 0.4) is 0 Å². The van der Waals surface area contributed by atoms with Crippen molar-refractivity contribution in [1.82, 2.24) is 0 Å². The van der Waals surface area contributed by atoms with Crippen LogP contribution in [0, 0.1) is 17.3 Å². The van der Waals surface area contributed by atoms with E-state index in [4.69, 9.17) is 0 Å². The van der Waals surface area contributed by atoms with Crippen molar-refractivity contribution in [2.75, 3.05) is 0 Å². The Kier molecular flexibility index (Phi) is 7.07. The van der Waals surface area contributed by atoms with Crippen molar-refractivity contribution in [2.45, 2.75) is 103 Å². The minimum absolute atomic E-state index is 0.320. The Labute approximate surface area is 173 Å². The van der Waals surface area contributed by atoms with E-state index in [-0.39, 0.29) is 0 Å². The van der Waals surface area contributed by atoms with Gasteiger partial charge in [0.1, 0.15) is 0 Å². The quantitative estimate of drug-likeness (QED) is 0.353. The number of unbranched alkanes of at least 4 members (excludes halogenated alkanes) is 1. The molecule has 0 bridgehead atoms. The second kappa shape index (κ2) is 9.16. The zero-order chi connectivity index (χ0) is 20.2. The van der Waals surface area contributed by atoms with Crippen LogP contribution in [0.1, 0.15) is 97.3 Å². The number of fused-ring (bicyclic) bond motifs is 1. The van der Waals surface area contributed by atoms with E-state index in [1.54, 1.807) is 5.57 Å². The van der Waals surface area contributed by atoms with Crippen LogP contribution in [0.5, 0.6) is 0 Å². The van der Waals surface area contributed by atoms with Gasteiger partial charge >= 0.3 is 0 Å². The van der Waals surface area contributed by atoms with Gasteiger partial charge in [0.15, 0.2) is 0 Å². The highest BCUT2D eigenvalue weighted by molar-refractivity contribution is 5.36. The molecule has 3 fully saturated rings. The summed E-state index contributed by atoms with van der Waals surface area (Å²) in [5.41, 5.74) is 4.34. The second-order valence-electron chi connectivity index (χ2n) is 10.3. The van der Waals surface area contributed by atoms with Crippen molar-refractivity contribution in [2.24, 2.45) is 17.3 Å². The van der Waals surface area contributed by atoms with Crippen LogP contribution in [0.25, 0.3) is 0 Å². The first-order valence-electron chi connectivity index (χ1n) is 11.8. The molecule has 1 N–H and O–H groups in total. The Morgan fingerprint density at radius 3 is 2.57 bits per heavy atom. The predicted octanol–water partition coefficient (Wildman–Crippen LogP) is 7.68. The minimum atomic E-state index is -0.522. The molecule has 156 valence electrons. The van der Waals surface area contributed by atoms with Gasteiger partial charge in [0.2, 0.25) is 0 Å². The van der Waals surface area contributed by atoms with Gasteiger partial charge < -0.3 is 5.11 Å². The van der Waals surface area contributed by atoms with E-state index < -0.39 is 5.60 Å². The maximum Gasteiger partial charge on any atom is 0.0591 e. The summed E-state index contributed by atoms with van der Waals surface area (Å²) in [6.07, 6.45) is 23.4. The Hall–Kier alpha value is -1.08. The predicted molar refractivity (Wildman–Crippen MR) is 121 cm³/mol. The van der Waals surface area contributed by atoms with E-state index in [9.17, 15) is 5.11 Å². The average Bonchev–Trinajstić information content (AvgIpc) is 3.03. The highest BCUT2D eigenvalue weighted by Gasteiger charge is 2.49. The highest BCUT2D eigenvalue weighted by Crippen LogP contribution is 2.59. The van der Waals surface area contributed by atoms with Gasteiger partial charge in [-0.3, -0.25) is 0 Å². The third kappa shape index (κ3) is 4.90. The number of aliphatic hydroxyl groups is 1. The monoisotopic (exact) mass is 382 g/mol. The number of rotatable bonds is 7. The van der Waals surface area contributed by atoms with Gasteiger partial charge in [-0.15, -0.1) is 6.58 Å². The summed E-state index contributed by atoms with van der Waals surface area (Å²) in [4.78, 5) is 0. The smallest absolute Gasteiger partial charge is 0.0591 e. The molecule has 0 saturated heterocycles. The molecular formula is C27H42O. The van der Waals surface area contributed by atoms with Gasteiger partial charge in [0, 0.05) is 0 Å². The summed E-state index contributed by atoms with van der Waals surface area (Å²) in [6, 6.07) is 0. The Balaban J connectivity index is 1.68. The summed E-state index contributed by atoms with van der Waals surface area (Å²) in [7, 11) is 0. The number of hydrogen-bond donors (Lipinski definition) is 1. The fraction of sp³-hybridized carbons (Fsp3) is 0.704. The maximum absolute atomic E-state index is 9.98. The van der Waals surface area contributed by atoms with Gasteiger partial charge in [-0.25, -0.2) is 0 Å². The minimum Gasteiger partial charge on any atom is -0.390 e. The van der Waals surface area contributed by atoms with E-state index in [0.717, 1.165) is 18.8 Å². The Morgan fingerprint density at radius 2 is 1.86 bits per heavy atom. The maximum atomic E-state index is 9.98. The van der Waals surface area contributed by atoms with Gasteiger partial charge in [0.25, 0.3) is 0 Å². The number of allylic oxidation sites excluding steroid dienone is 6. The lowest BCUT2D eigenvalue weighted by molar-refractivity contribution is 0.0667. The fourth-order valence-electron chi connectivity index (χ4n) is 6.24. The average molecular weight is 383 g/mol. The van der Waals surface area contributed by atoms with Gasteiger partial charge in [0.05, 0.1) is 5.60 Å². The van der Waals surface area contributed by atoms with Crippen LogP contribution in [-0.4, -0.2) is 10.7 Å². The lowest BCUT2D eigenvalue weighted by Crippen LogP contribution is -2.34. The van der Waals surface area contributed by atoms with Crippen molar-refractivity contribution < 1.29 is 5.11 Å². The molecule has 3 aliphatic carbocycles. The van der Waals surface area contributed by atoms with Crippen molar-refractivity contribution in [3.05, 3.63) is 48.1 Å². The molecular weight excluding hydrogens is 340 g/mol. The summed E-state index contributed by atoms with van der Waals surface area (Å²) in [6.45, 7) is 12.5. The first-order valence-corrected chi connectivity index (χ1v) is 11.8. The molecule has 3 aliphatic rings. The first kappa shape index (κ1) is 21.6. The molecule has 3 saturated carbocycles. The largest absolute Gasteiger partial charge is 0.390 e. The summed E-state index contributed by atoms with van der Waals surface area (Å²) < 4.78 is 0. The normalized spacial score (nSPS) is 34.0. The summed E-state index contributed by atoms with van der Waals surface area (Å²) in [5, 5.41) is 9.98. The lowest BCUT2D eigenvalue weighted by atomic mass is 9.61. The molecule has 3 rings (SSSR count). The van der Waals surface area contributed by atoms with Crippen LogP contribution in [0.15, 0.2) is 48.1 Å². The molecule has 0 spiro atoms. The first-order chi connectivity index (χ1) is 13.4. The van der Waals surface area contributed by atoms with Crippen LogP contribution in [-0.2, 0) is 0 Å². The van der Waals surface area contributed by atoms with E-state index in [1.807, 2.05) is 13.8 Å². The lowest BCUT2D eigenvalue weighted by Gasteiger charge is -2.43. The van der Waals surface area contributed by atoms with Crippen LogP contribution in [0.4, 0.5) is 0 Å². The van der Waals surface area contributed by atoms with Crippen molar-refractivity contribution in [3.63, 3.8) is 0 Å². The molecule has 3 unspecified atom stereocenters. The molecule has 0 amide bonds. The molecule has 3 atom stereocenters. The Bertz CT molecular complexity index is 629.